The number of hydrogen-bond acceptors (Lipinski definition) is 2. The topological polar surface area (TPSA) is 55.1 Å². The minimum absolute atomic E-state index is 0.0711. The molecule has 3 heteroatoms. The zero-order valence-electron chi connectivity index (χ0n) is 10.3. The molecule has 1 aromatic rings. The minimum Gasteiger partial charge on any atom is -0.399 e. The number of hydrogen-bond donors (Lipinski definition) is 2. The number of rotatable bonds is 6. The first-order chi connectivity index (χ1) is 8.11. The lowest BCUT2D eigenvalue weighted by molar-refractivity contribution is -0.121. The fourth-order valence-corrected chi connectivity index (χ4v) is 1.66. The molecule has 0 saturated heterocycles. The average Bonchev–Trinajstić information content (AvgIpc) is 2.27. The van der Waals surface area contributed by atoms with Gasteiger partial charge in [0.15, 0.2) is 0 Å². The summed E-state index contributed by atoms with van der Waals surface area (Å²) in [6.07, 6.45) is 3.81. The Balaban J connectivity index is 2.35. The molecular weight excluding hydrogens is 212 g/mol. The van der Waals surface area contributed by atoms with Gasteiger partial charge in [0.2, 0.25) is 5.91 Å². The van der Waals surface area contributed by atoms with Gasteiger partial charge in [0.05, 0.1) is 0 Å². The third-order valence-corrected chi connectivity index (χ3v) is 2.52. The van der Waals surface area contributed by atoms with Crippen LogP contribution in [0, 0.1) is 0 Å². The van der Waals surface area contributed by atoms with Crippen LogP contribution in [-0.4, -0.2) is 11.9 Å². The van der Waals surface area contributed by atoms with Gasteiger partial charge in [0, 0.05) is 18.2 Å². The SMILES string of the molecule is C=CCC(C)NC(=O)CCc1cccc(N)c1. The number of aryl methyl sites for hydroxylation is 1. The van der Waals surface area contributed by atoms with E-state index in [9.17, 15) is 4.79 Å². The molecule has 3 nitrogen and oxygen atoms in total. The van der Waals surface area contributed by atoms with Crippen molar-refractivity contribution in [2.45, 2.75) is 32.2 Å². The van der Waals surface area contributed by atoms with Crippen LogP contribution in [0.4, 0.5) is 5.69 Å². The van der Waals surface area contributed by atoms with Crippen molar-refractivity contribution in [3.8, 4) is 0 Å². The van der Waals surface area contributed by atoms with Gasteiger partial charge in [0.1, 0.15) is 0 Å². The summed E-state index contributed by atoms with van der Waals surface area (Å²) in [7, 11) is 0. The Morgan fingerprint density at radius 1 is 1.59 bits per heavy atom. The van der Waals surface area contributed by atoms with Gasteiger partial charge in [-0.15, -0.1) is 6.58 Å². The first-order valence-electron chi connectivity index (χ1n) is 5.86. The normalized spacial score (nSPS) is 11.8. The summed E-state index contributed by atoms with van der Waals surface area (Å²) < 4.78 is 0. The molecule has 3 N–H and O–H groups in total. The van der Waals surface area contributed by atoms with E-state index in [-0.39, 0.29) is 11.9 Å². The third-order valence-electron chi connectivity index (χ3n) is 2.52. The van der Waals surface area contributed by atoms with E-state index >= 15 is 0 Å². The van der Waals surface area contributed by atoms with Crippen molar-refractivity contribution in [2.24, 2.45) is 0 Å². The van der Waals surface area contributed by atoms with Crippen LogP contribution in [-0.2, 0) is 11.2 Å². The summed E-state index contributed by atoms with van der Waals surface area (Å²) >= 11 is 0. The Morgan fingerprint density at radius 2 is 2.35 bits per heavy atom. The van der Waals surface area contributed by atoms with Crippen LogP contribution in [0.1, 0.15) is 25.3 Å². The molecule has 0 aliphatic rings. The highest BCUT2D eigenvalue weighted by Gasteiger charge is 2.06. The van der Waals surface area contributed by atoms with Crippen molar-refractivity contribution in [3.63, 3.8) is 0 Å². The third kappa shape index (κ3) is 5.20. The molecule has 0 aliphatic heterocycles. The first-order valence-corrected chi connectivity index (χ1v) is 5.86. The van der Waals surface area contributed by atoms with E-state index in [0.717, 1.165) is 24.1 Å². The highest BCUT2D eigenvalue weighted by Crippen LogP contribution is 2.08. The number of carbonyl (C=O) groups is 1. The van der Waals surface area contributed by atoms with E-state index in [1.54, 1.807) is 0 Å². The number of carbonyl (C=O) groups excluding carboxylic acids is 1. The number of nitrogen functional groups attached to an aromatic ring is 1. The maximum absolute atomic E-state index is 11.6. The molecule has 0 radical (unpaired) electrons. The number of anilines is 1. The van der Waals surface area contributed by atoms with Gasteiger partial charge in [-0.2, -0.15) is 0 Å². The second kappa shape index (κ2) is 6.74. The first kappa shape index (κ1) is 13.3. The van der Waals surface area contributed by atoms with Crippen molar-refractivity contribution in [2.75, 3.05) is 5.73 Å². The highest BCUT2D eigenvalue weighted by molar-refractivity contribution is 5.76. The quantitative estimate of drug-likeness (QED) is 0.584. The van der Waals surface area contributed by atoms with Crippen LogP contribution >= 0.6 is 0 Å². The predicted octanol–water partition coefficient (Wildman–Crippen LogP) is 2.28. The van der Waals surface area contributed by atoms with Gasteiger partial charge in [0.25, 0.3) is 0 Å². The second-order valence-corrected chi connectivity index (χ2v) is 4.24. The summed E-state index contributed by atoms with van der Waals surface area (Å²) in [6, 6.07) is 7.79. The minimum atomic E-state index is 0.0711. The maximum Gasteiger partial charge on any atom is 0.220 e. The van der Waals surface area contributed by atoms with Crippen molar-refractivity contribution < 1.29 is 4.79 Å². The predicted molar refractivity (Wildman–Crippen MR) is 71.6 cm³/mol. The fraction of sp³-hybridized carbons (Fsp3) is 0.357. The molecule has 1 aromatic carbocycles. The standard InChI is InChI=1S/C14H20N2O/c1-3-5-11(2)16-14(17)9-8-12-6-4-7-13(15)10-12/h3-4,6-7,10-11H,1,5,8-9,15H2,2H3,(H,16,17). The zero-order valence-corrected chi connectivity index (χ0v) is 10.3. The summed E-state index contributed by atoms with van der Waals surface area (Å²) in [5.41, 5.74) is 7.51. The monoisotopic (exact) mass is 232 g/mol. The van der Waals surface area contributed by atoms with Gasteiger partial charge >= 0.3 is 0 Å². The molecule has 0 spiro atoms. The van der Waals surface area contributed by atoms with E-state index in [4.69, 9.17) is 5.73 Å². The number of nitrogens with one attached hydrogen (secondary N) is 1. The molecule has 0 fully saturated rings. The molecule has 1 atom stereocenters. The Hall–Kier alpha value is -1.77. The van der Waals surface area contributed by atoms with Crippen LogP contribution in [0.15, 0.2) is 36.9 Å². The Bertz CT molecular complexity index is 388. The summed E-state index contributed by atoms with van der Waals surface area (Å²) in [5.74, 6) is 0.0711. The van der Waals surface area contributed by atoms with Crippen molar-refractivity contribution in [1.29, 1.82) is 0 Å². The molecule has 0 heterocycles. The smallest absolute Gasteiger partial charge is 0.220 e. The van der Waals surface area contributed by atoms with Gasteiger partial charge in [-0.3, -0.25) is 4.79 Å². The Labute approximate surface area is 103 Å². The number of benzene rings is 1. The van der Waals surface area contributed by atoms with E-state index in [1.807, 2.05) is 37.3 Å². The van der Waals surface area contributed by atoms with Gasteiger partial charge < -0.3 is 11.1 Å². The van der Waals surface area contributed by atoms with Gasteiger partial charge in [-0.1, -0.05) is 18.2 Å². The Morgan fingerprint density at radius 3 is 3.00 bits per heavy atom. The molecule has 0 aliphatic carbocycles. The van der Waals surface area contributed by atoms with E-state index in [2.05, 4.69) is 11.9 Å². The number of nitrogens with two attached hydrogens (primary N) is 1. The van der Waals surface area contributed by atoms with Crippen molar-refractivity contribution >= 4 is 11.6 Å². The lowest BCUT2D eigenvalue weighted by atomic mass is 10.1. The second-order valence-electron chi connectivity index (χ2n) is 4.24. The molecule has 1 rings (SSSR count). The van der Waals surface area contributed by atoms with Crippen molar-refractivity contribution in [3.05, 3.63) is 42.5 Å². The largest absolute Gasteiger partial charge is 0.399 e. The summed E-state index contributed by atoms with van der Waals surface area (Å²) in [5, 5.41) is 2.92. The molecule has 0 saturated carbocycles. The lowest BCUT2D eigenvalue weighted by Gasteiger charge is -2.11. The van der Waals surface area contributed by atoms with E-state index < -0.39 is 0 Å². The van der Waals surface area contributed by atoms with Gasteiger partial charge in [-0.05, 0) is 37.5 Å². The molecular formula is C14H20N2O. The lowest BCUT2D eigenvalue weighted by Crippen LogP contribution is -2.32. The van der Waals surface area contributed by atoms with Gasteiger partial charge in [-0.25, -0.2) is 0 Å². The van der Waals surface area contributed by atoms with E-state index in [1.165, 1.54) is 0 Å². The van der Waals surface area contributed by atoms with Crippen LogP contribution in [0.3, 0.4) is 0 Å². The molecule has 1 amide bonds. The van der Waals surface area contributed by atoms with Crippen LogP contribution in [0.2, 0.25) is 0 Å². The average molecular weight is 232 g/mol. The fourth-order valence-electron chi connectivity index (χ4n) is 1.66. The van der Waals surface area contributed by atoms with Crippen LogP contribution in [0.5, 0.6) is 0 Å². The van der Waals surface area contributed by atoms with Crippen molar-refractivity contribution in [1.82, 2.24) is 5.32 Å². The maximum atomic E-state index is 11.6. The van der Waals surface area contributed by atoms with E-state index in [0.29, 0.717) is 6.42 Å². The summed E-state index contributed by atoms with van der Waals surface area (Å²) in [4.78, 5) is 11.6. The van der Waals surface area contributed by atoms with Crippen LogP contribution < -0.4 is 11.1 Å². The molecule has 17 heavy (non-hydrogen) atoms. The Kier molecular flexibility index (Phi) is 5.27. The number of amides is 1. The molecule has 0 bridgehead atoms. The molecule has 1 unspecified atom stereocenters. The summed E-state index contributed by atoms with van der Waals surface area (Å²) in [6.45, 7) is 5.62. The highest BCUT2D eigenvalue weighted by atomic mass is 16.1. The zero-order chi connectivity index (χ0) is 12.7. The molecule has 0 aromatic heterocycles. The molecule has 92 valence electrons. The van der Waals surface area contributed by atoms with Crippen LogP contribution in [0.25, 0.3) is 0 Å².